The third-order valence-corrected chi connectivity index (χ3v) is 5.67. The van der Waals surface area contributed by atoms with Crippen LogP contribution in [0.3, 0.4) is 0 Å². The van der Waals surface area contributed by atoms with Crippen molar-refractivity contribution in [1.82, 2.24) is 0 Å². The minimum Gasteiger partial charge on any atom is -0.0648 e. The zero-order chi connectivity index (χ0) is 13.3. The van der Waals surface area contributed by atoms with Gasteiger partial charge in [0.2, 0.25) is 0 Å². The van der Waals surface area contributed by atoms with Crippen molar-refractivity contribution in [2.45, 2.75) is 103 Å². The molecular formula is C19H35. The molecule has 0 heteroatoms. The fraction of sp³-hybridized carbons (Fsp3) is 0.947. The van der Waals surface area contributed by atoms with Crippen LogP contribution in [-0.4, -0.2) is 0 Å². The van der Waals surface area contributed by atoms with Crippen LogP contribution >= 0.6 is 0 Å². The van der Waals surface area contributed by atoms with E-state index in [0.717, 1.165) is 11.8 Å². The van der Waals surface area contributed by atoms with E-state index in [1.807, 2.05) is 5.92 Å². The van der Waals surface area contributed by atoms with Gasteiger partial charge in [-0.2, -0.15) is 0 Å². The molecule has 0 aromatic carbocycles. The van der Waals surface area contributed by atoms with Crippen molar-refractivity contribution in [2.24, 2.45) is 11.8 Å². The molecule has 0 atom stereocenters. The number of hydrogen-bond acceptors (Lipinski definition) is 0. The van der Waals surface area contributed by atoms with Crippen molar-refractivity contribution in [3.05, 3.63) is 5.92 Å². The van der Waals surface area contributed by atoms with E-state index in [2.05, 4.69) is 6.92 Å². The van der Waals surface area contributed by atoms with Gasteiger partial charge in [-0.1, -0.05) is 71.1 Å². The Labute approximate surface area is 121 Å². The molecule has 1 radical (unpaired) electrons. The molecule has 2 aliphatic rings. The SMILES string of the molecule is CC[C](C1CCCCCCC1)C1CCCCCCC1. The molecule has 0 nitrogen and oxygen atoms in total. The first kappa shape index (κ1) is 15.4. The normalized spacial score (nSPS) is 25.6. The van der Waals surface area contributed by atoms with Crippen LogP contribution in [0.1, 0.15) is 103 Å². The van der Waals surface area contributed by atoms with Crippen LogP contribution in [0.2, 0.25) is 0 Å². The van der Waals surface area contributed by atoms with Crippen molar-refractivity contribution in [3.63, 3.8) is 0 Å². The molecule has 0 bridgehead atoms. The van der Waals surface area contributed by atoms with E-state index in [0.29, 0.717) is 0 Å². The maximum atomic E-state index is 2.44. The van der Waals surface area contributed by atoms with Crippen LogP contribution in [0.15, 0.2) is 0 Å². The Morgan fingerprint density at radius 2 is 0.895 bits per heavy atom. The predicted molar refractivity (Wildman–Crippen MR) is 85.2 cm³/mol. The second-order valence-electron chi connectivity index (χ2n) is 7.01. The first-order valence-corrected chi connectivity index (χ1v) is 9.27. The van der Waals surface area contributed by atoms with Gasteiger partial charge in [0.15, 0.2) is 0 Å². The van der Waals surface area contributed by atoms with Gasteiger partial charge in [-0.25, -0.2) is 0 Å². The van der Waals surface area contributed by atoms with Crippen LogP contribution in [0.4, 0.5) is 0 Å². The van der Waals surface area contributed by atoms with E-state index in [1.54, 1.807) is 0 Å². The molecule has 19 heavy (non-hydrogen) atoms. The molecule has 111 valence electrons. The summed E-state index contributed by atoms with van der Waals surface area (Å²) in [5, 5.41) is 0. The molecule has 0 unspecified atom stereocenters. The van der Waals surface area contributed by atoms with Gasteiger partial charge in [0.25, 0.3) is 0 Å². The van der Waals surface area contributed by atoms with E-state index in [4.69, 9.17) is 0 Å². The van der Waals surface area contributed by atoms with E-state index in [9.17, 15) is 0 Å². The standard InChI is InChI=1S/C19H35/c1-2-19(17-13-9-5-3-6-10-14-17)18-15-11-7-4-8-12-16-18/h17-18H,2-16H2,1H3. The molecule has 0 spiro atoms. The lowest BCUT2D eigenvalue weighted by Crippen LogP contribution is -2.23. The summed E-state index contributed by atoms with van der Waals surface area (Å²) in [5.41, 5.74) is 0. The van der Waals surface area contributed by atoms with E-state index < -0.39 is 0 Å². The highest BCUT2D eigenvalue weighted by Gasteiger charge is 2.28. The summed E-state index contributed by atoms with van der Waals surface area (Å²) in [4.78, 5) is 0. The molecule has 0 aromatic heterocycles. The fourth-order valence-electron chi connectivity index (χ4n) is 4.56. The number of hydrogen-bond donors (Lipinski definition) is 0. The molecular weight excluding hydrogens is 228 g/mol. The Hall–Kier alpha value is 0. The lowest BCUT2D eigenvalue weighted by molar-refractivity contribution is 0.288. The van der Waals surface area contributed by atoms with Crippen LogP contribution in [0, 0.1) is 17.8 Å². The van der Waals surface area contributed by atoms with Gasteiger partial charge < -0.3 is 0 Å². The molecule has 0 aromatic rings. The highest BCUT2D eigenvalue weighted by atomic mass is 14.3. The van der Waals surface area contributed by atoms with Gasteiger partial charge in [-0.15, -0.1) is 0 Å². The van der Waals surface area contributed by atoms with Crippen molar-refractivity contribution >= 4 is 0 Å². The average molecular weight is 263 g/mol. The van der Waals surface area contributed by atoms with E-state index in [1.165, 1.54) is 96.3 Å². The summed E-state index contributed by atoms with van der Waals surface area (Å²) in [7, 11) is 0. The van der Waals surface area contributed by atoms with Gasteiger partial charge in [0, 0.05) is 0 Å². The Kier molecular flexibility index (Phi) is 7.32. The second-order valence-corrected chi connectivity index (χ2v) is 7.01. The summed E-state index contributed by atoms with van der Waals surface area (Å²) in [6, 6.07) is 0. The minimum absolute atomic E-state index is 0.995. The predicted octanol–water partition coefficient (Wildman–Crippen LogP) is 6.69. The average Bonchev–Trinajstić information content (AvgIpc) is 2.34. The lowest BCUT2D eigenvalue weighted by Gasteiger charge is -2.35. The molecule has 0 amide bonds. The maximum absolute atomic E-state index is 2.44. The van der Waals surface area contributed by atoms with Crippen LogP contribution in [-0.2, 0) is 0 Å². The van der Waals surface area contributed by atoms with Crippen molar-refractivity contribution in [1.29, 1.82) is 0 Å². The van der Waals surface area contributed by atoms with Gasteiger partial charge in [0.05, 0.1) is 0 Å². The summed E-state index contributed by atoms with van der Waals surface area (Å²) >= 11 is 0. The molecule has 2 rings (SSSR count). The second kappa shape index (κ2) is 9.03. The third-order valence-electron chi connectivity index (χ3n) is 5.67. The number of rotatable bonds is 3. The molecule has 0 saturated heterocycles. The first-order valence-electron chi connectivity index (χ1n) is 9.27. The Morgan fingerprint density at radius 3 is 1.21 bits per heavy atom. The minimum atomic E-state index is 0.995. The topological polar surface area (TPSA) is 0 Å². The van der Waals surface area contributed by atoms with Gasteiger partial charge in [0.1, 0.15) is 0 Å². The lowest BCUT2D eigenvalue weighted by atomic mass is 9.70. The zero-order valence-corrected chi connectivity index (χ0v) is 13.3. The van der Waals surface area contributed by atoms with Crippen LogP contribution in [0.25, 0.3) is 0 Å². The zero-order valence-electron chi connectivity index (χ0n) is 13.3. The van der Waals surface area contributed by atoms with E-state index >= 15 is 0 Å². The van der Waals surface area contributed by atoms with Crippen molar-refractivity contribution in [2.75, 3.05) is 0 Å². The largest absolute Gasteiger partial charge is 0.0648 e. The Bertz CT molecular complexity index is 182. The molecule has 0 N–H and O–H groups in total. The van der Waals surface area contributed by atoms with Crippen LogP contribution < -0.4 is 0 Å². The van der Waals surface area contributed by atoms with Crippen LogP contribution in [0.5, 0.6) is 0 Å². The fourth-order valence-corrected chi connectivity index (χ4v) is 4.56. The van der Waals surface area contributed by atoms with Crippen molar-refractivity contribution in [3.8, 4) is 0 Å². The van der Waals surface area contributed by atoms with Crippen molar-refractivity contribution < 1.29 is 0 Å². The molecule has 2 fully saturated rings. The summed E-state index contributed by atoms with van der Waals surface area (Å²) in [6.45, 7) is 2.44. The smallest absolute Gasteiger partial charge is 0.0182 e. The Morgan fingerprint density at radius 1 is 0.579 bits per heavy atom. The highest BCUT2D eigenvalue weighted by molar-refractivity contribution is 5.01. The Balaban J connectivity index is 1.91. The molecule has 0 heterocycles. The molecule has 2 aliphatic carbocycles. The molecule has 0 aliphatic heterocycles. The third kappa shape index (κ3) is 5.12. The first-order chi connectivity index (χ1) is 9.42. The van der Waals surface area contributed by atoms with E-state index in [-0.39, 0.29) is 0 Å². The van der Waals surface area contributed by atoms with Gasteiger partial charge in [-0.3, -0.25) is 0 Å². The summed E-state index contributed by atoms with van der Waals surface area (Å²) in [5.74, 6) is 3.98. The summed E-state index contributed by atoms with van der Waals surface area (Å²) in [6.07, 6.45) is 22.4. The summed E-state index contributed by atoms with van der Waals surface area (Å²) < 4.78 is 0. The quantitative estimate of drug-likeness (QED) is 0.532. The van der Waals surface area contributed by atoms with Gasteiger partial charge >= 0.3 is 0 Å². The maximum Gasteiger partial charge on any atom is -0.0182 e. The highest BCUT2D eigenvalue weighted by Crippen LogP contribution is 2.41. The molecule has 2 saturated carbocycles. The monoisotopic (exact) mass is 263 g/mol. The van der Waals surface area contributed by atoms with Gasteiger partial charge in [-0.05, 0) is 49.9 Å².